The van der Waals surface area contributed by atoms with E-state index in [0.29, 0.717) is 18.6 Å². The molecule has 0 aromatic heterocycles. The molecule has 0 amide bonds. The predicted octanol–water partition coefficient (Wildman–Crippen LogP) is 2.98. The van der Waals surface area contributed by atoms with Crippen LogP contribution in [0.25, 0.3) is 0 Å². The van der Waals surface area contributed by atoms with Crippen LogP contribution in [0.1, 0.15) is 46.5 Å². The third-order valence-electron chi connectivity index (χ3n) is 3.00. The standard InChI is InChI=1S/C14H24O4/c1-4-11(13(15)16)9-14(2,3)10-18-12-7-5-6-8-17-12/h9,12H,4-8,10H2,1-3H3,(H,15,16). The van der Waals surface area contributed by atoms with Gasteiger partial charge >= 0.3 is 5.97 Å². The fourth-order valence-corrected chi connectivity index (χ4v) is 1.98. The molecule has 1 atom stereocenters. The first-order chi connectivity index (χ1) is 8.44. The average molecular weight is 256 g/mol. The van der Waals surface area contributed by atoms with Gasteiger partial charge in [0.2, 0.25) is 0 Å². The summed E-state index contributed by atoms with van der Waals surface area (Å²) in [4.78, 5) is 11.0. The lowest BCUT2D eigenvalue weighted by molar-refractivity contribution is -0.172. The lowest BCUT2D eigenvalue weighted by Crippen LogP contribution is -2.28. The van der Waals surface area contributed by atoms with Crippen LogP contribution >= 0.6 is 0 Å². The van der Waals surface area contributed by atoms with Gasteiger partial charge in [-0.15, -0.1) is 0 Å². The van der Waals surface area contributed by atoms with Crippen LogP contribution in [0.2, 0.25) is 0 Å². The smallest absolute Gasteiger partial charge is 0.331 e. The lowest BCUT2D eigenvalue weighted by Gasteiger charge is -2.28. The number of carboxylic acid groups (broad SMARTS) is 1. The molecule has 0 aromatic carbocycles. The second kappa shape index (κ2) is 6.90. The number of rotatable bonds is 6. The lowest BCUT2D eigenvalue weighted by atomic mass is 9.91. The van der Waals surface area contributed by atoms with Crippen molar-refractivity contribution in [1.29, 1.82) is 0 Å². The molecule has 1 N–H and O–H groups in total. The third-order valence-corrected chi connectivity index (χ3v) is 3.00. The van der Waals surface area contributed by atoms with Crippen molar-refractivity contribution >= 4 is 5.97 Å². The van der Waals surface area contributed by atoms with Gasteiger partial charge in [-0.2, -0.15) is 0 Å². The molecular weight excluding hydrogens is 232 g/mol. The van der Waals surface area contributed by atoms with E-state index in [2.05, 4.69) is 0 Å². The molecule has 1 aliphatic rings. The van der Waals surface area contributed by atoms with E-state index in [1.54, 1.807) is 6.08 Å². The van der Waals surface area contributed by atoms with Gasteiger partial charge in [-0.3, -0.25) is 0 Å². The minimum Gasteiger partial charge on any atom is -0.478 e. The molecule has 1 heterocycles. The van der Waals surface area contributed by atoms with Crippen molar-refractivity contribution in [3.8, 4) is 0 Å². The molecule has 0 radical (unpaired) electrons. The minimum atomic E-state index is -0.848. The van der Waals surface area contributed by atoms with Crippen LogP contribution in [-0.4, -0.2) is 30.6 Å². The van der Waals surface area contributed by atoms with Crippen LogP contribution < -0.4 is 0 Å². The van der Waals surface area contributed by atoms with E-state index in [4.69, 9.17) is 14.6 Å². The second-order valence-corrected chi connectivity index (χ2v) is 5.42. The van der Waals surface area contributed by atoms with Crippen LogP contribution in [0.4, 0.5) is 0 Å². The molecule has 18 heavy (non-hydrogen) atoms. The summed E-state index contributed by atoms with van der Waals surface area (Å²) in [5, 5.41) is 9.02. The summed E-state index contributed by atoms with van der Waals surface area (Å²) < 4.78 is 11.2. The molecule has 1 saturated heterocycles. The molecule has 1 aliphatic heterocycles. The van der Waals surface area contributed by atoms with E-state index in [9.17, 15) is 4.79 Å². The number of hydrogen-bond acceptors (Lipinski definition) is 3. The van der Waals surface area contributed by atoms with Crippen LogP contribution in [0.5, 0.6) is 0 Å². The van der Waals surface area contributed by atoms with Gasteiger partial charge in [0.15, 0.2) is 6.29 Å². The molecule has 0 bridgehead atoms. The van der Waals surface area contributed by atoms with Gasteiger partial charge in [-0.1, -0.05) is 26.8 Å². The van der Waals surface area contributed by atoms with Crippen LogP contribution in [-0.2, 0) is 14.3 Å². The Morgan fingerprint density at radius 2 is 2.22 bits per heavy atom. The molecular formula is C14H24O4. The molecule has 1 unspecified atom stereocenters. The summed E-state index contributed by atoms with van der Waals surface area (Å²) in [5.41, 5.74) is 0.151. The summed E-state index contributed by atoms with van der Waals surface area (Å²) >= 11 is 0. The molecule has 4 nitrogen and oxygen atoms in total. The number of carboxylic acids is 1. The maximum absolute atomic E-state index is 11.0. The second-order valence-electron chi connectivity index (χ2n) is 5.42. The maximum Gasteiger partial charge on any atom is 0.331 e. The first kappa shape index (κ1) is 15.2. The Balaban J connectivity index is 2.49. The van der Waals surface area contributed by atoms with E-state index in [1.807, 2.05) is 20.8 Å². The summed E-state index contributed by atoms with van der Waals surface area (Å²) in [6, 6.07) is 0. The Kier molecular flexibility index (Phi) is 5.82. The molecule has 104 valence electrons. The topological polar surface area (TPSA) is 55.8 Å². The summed E-state index contributed by atoms with van der Waals surface area (Å²) in [6.45, 7) is 7.05. The van der Waals surface area contributed by atoms with Gasteiger partial charge in [0.05, 0.1) is 6.61 Å². The Bertz CT molecular complexity index is 301. The molecule has 1 rings (SSSR count). The fourth-order valence-electron chi connectivity index (χ4n) is 1.98. The molecule has 0 aliphatic carbocycles. The monoisotopic (exact) mass is 256 g/mol. The highest BCUT2D eigenvalue weighted by Crippen LogP contribution is 2.24. The molecule has 4 heteroatoms. The van der Waals surface area contributed by atoms with Gasteiger partial charge in [0.1, 0.15) is 0 Å². The molecule has 0 saturated carbocycles. The highest BCUT2D eigenvalue weighted by Gasteiger charge is 2.22. The predicted molar refractivity (Wildman–Crippen MR) is 69.3 cm³/mol. The van der Waals surface area contributed by atoms with E-state index in [-0.39, 0.29) is 11.7 Å². The van der Waals surface area contributed by atoms with Crippen molar-refractivity contribution in [2.24, 2.45) is 5.41 Å². The molecule has 0 spiro atoms. The quantitative estimate of drug-likeness (QED) is 0.742. The van der Waals surface area contributed by atoms with Crippen molar-refractivity contribution in [2.75, 3.05) is 13.2 Å². The molecule has 0 aromatic rings. The Labute approximate surface area is 109 Å². The highest BCUT2D eigenvalue weighted by atomic mass is 16.7. The first-order valence-electron chi connectivity index (χ1n) is 6.63. The summed E-state index contributed by atoms with van der Waals surface area (Å²) in [5.74, 6) is -0.848. The van der Waals surface area contributed by atoms with Crippen LogP contribution in [0, 0.1) is 5.41 Å². The van der Waals surface area contributed by atoms with Gasteiger partial charge in [0, 0.05) is 17.6 Å². The molecule has 1 fully saturated rings. The number of carbonyl (C=O) groups is 1. The fraction of sp³-hybridized carbons (Fsp3) is 0.786. The van der Waals surface area contributed by atoms with E-state index in [1.165, 1.54) is 0 Å². The minimum absolute atomic E-state index is 0.124. The van der Waals surface area contributed by atoms with Crippen molar-refractivity contribution in [3.05, 3.63) is 11.6 Å². The third kappa shape index (κ3) is 5.19. The largest absolute Gasteiger partial charge is 0.478 e. The van der Waals surface area contributed by atoms with Crippen LogP contribution in [0.3, 0.4) is 0 Å². The van der Waals surface area contributed by atoms with Crippen molar-refractivity contribution in [3.63, 3.8) is 0 Å². The Morgan fingerprint density at radius 1 is 1.50 bits per heavy atom. The zero-order chi connectivity index (χ0) is 13.6. The van der Waals surface area contributed by atoms with E-state index < -0.39 is 5.97 Å². The number of hydrogen-bond donors (Lipinski definition) is 1. The number of aliphatic carboxylic acids is 1. The summed E-state index contributed by atoms with van der Waals surface area (Å²) in [6.07, 6.45) is 5.36. The Morgan fingerprint density at radius 3 is 2.72 bits per heavy atom. The highest BCUT2D eigenvalue weighted by molar-refractivity contribution is 5.86. The Hall–Kier alpha value is -0.870. The van der Waals surface area contributed by atoms with Crippen molar-refractivity contribution < 1.29 is 19.4 Å². The van der Waals surface area contributed by atoms with E-state index >= 15 is 0 Å². The van der Waals surface area contributed by atoms with Crippen LogP contribution in [0.15, 0.2) is 11.6 Å². The maximum atomic E-state index is 11.0. The zero-order valence-electron chi connectivity index (χ0n) is 11.6. The van der Waals surface area contributed by atoms with Gasteiger partial charge < -0.3 is 14.6 Å². The van der Waals surface area contributed by atoms with Gasteiger partial charge in [-0.05, 0) is 25.7 Å². The van der Waals surface area contributed by atoms with Crippen molar-refractivity contribution in [1.82, 2.24) is 0 Å². The normalized spacial score (nSPS) is 21.9. The SMILES string of the molecule is CCC(=CC(C)(C)COC1CCCCO1)C(=O)O. The van der Waals surface area contributed by atoms with Crippen molar-refractivity contribution in [2.45, 2.75) is 52.7 Å². The zero-order valence-corrected chi connectivity index (χ0v) is 11.6. The van der Waals surface area contributed by atoms with Gasteiger partial charge in [0.25, 0.3) is 0 Å². The average Bonchev–Trinajstić information content (AvgIpc) is 2.35. The first-order valence-corrected chi connectivity index (χ1v) is 6.63. The van der Waals surface area contributed by atoms with E-state index in [0.717, 1.165) is 25.9 Å². The van der Waals surface area contributed by atoms with Gasteiger partial charge in [-0.25, -0.2) is 4.79 Å². The summed E-state index contributed by atoms with van der Waals surface area (Å²) in [7, 11) is 0. The number of ether oxygens (including phenoxy) is 2.